The van der Waals surface area contributed by atoms with Gasteiger partial charge < -0.3 is 5.32 Å². The lowest BCUT2D eigenvalue weighted by molar-refractivity contribution is 0.832. The minimum atomic E-state index is 0.791. The van der Waals surface area contributed by atoms with Gasteiger partial charge in [0.15, 0.2) is 0 Å². The van der Waals surface area contributed by atoms with Crippen molar-refractivity contribution in [3.63, 3.8) is 0 Å². The highest BCUT2D eigenvalue weighted by Crippen LogP contribution is 2.23. The molecule has 0 spiro atoms. The second-order valence-corrected chi connectivity index (χ2v) is 4.33. The van der Waals surface area contributed by atoms with Crippen LogP contribution in [0.5, 0.6) is 0 Å². The number of nitrogens with one attached hydrogen (secondary N) is 1. The zero-order valence-corrected chi connectivity index (χ0v) is 11.6. The number of aromatic nitrogens is 4. The molecule has 0 unspecified atom stereocenters. The Balaban J connectivity index is 2.52. The SMILES string of the molecule is CCCc1nc(NCC)c(C)c(-c2cnccn2)n1. The van der Waals surface area contributed by atoms with Crippen LogP contribution in [0.25, 0.3) is 11.4 Å². The quantitative estimate of drug-likeness (QED) is 0.892. The number of hydrogen-bond acceptors (Lipinski definition) is 5. The summed E-state index contributed by atoms with van der Waals surface area (Å²) in [5.74, 6) is 1.74. The summed E-state index contributed by atoms with van der Waals surface area (Å²) in [6.07, 6.45) is 6.97. The van der Waals surface area contributed by atoms with Crippen molar-refractivity contribution in [1.29, 1.82) is 0 Å². The highest BCUT2D eigenvalue weighted by atomic mass is 15.0. The maximum absolute atomic E-state index is 4.62. The Kier molecular flexibility index (Phi) is 4.39. The summed E-state index contributed by atoms with van der Waals surface area (Å²) in [6, 6.07) is 0. The van der Waals surface area contributed by atoms with E-state index in [4.69, 9.17) is 0 Å². The standard InChI is InChI=1S/C14H19N5/c1-4-6-12-18-13(11-9-15-7-8-17-11)10(3)14(19-12)16-5-2/h7-9H,4-6H2,1-3H3,(H,16,18,19). The fraction of sp³-hybridized carbons (Fsp3) is 0.429. The summed E-state index contributed by atoms with van der Waals surface area (Å²) >= 11 is 0. The van der Waals surface area contributed by atoms with E-state index in [1.165, 1.54) is 0 Å². The maximum atomic E-state index is 4.62. The highest BCUT2D eigenvalue weighted by Gasteiger charge is 2.12. The minimum absolute atomic E-state index is 0.791. The minimum Gasteiger partial charge on any atom is -0.370 e. The number of rotatable bonds is 5. The molecule has 100 valence electrons. The summed E-state index contributed by atoms with van der Waals surface area (Å²) in [7, 11) is 0. The van der Waals surface area contributed by atoms with E-state index in [1.807, 2.05) is 6.92 Å². The van der Waals surface area contributed by atoms with Gasteiger partial charge >= 0.3 is 0 Å². The molecule has 2 aromatic heterocycles. The molecule has 0 fully saturated rings. The summed E-state index contributed by atoms with van der Waals surface area (Å²) < 4.78 is 0. The maximum Gasteiger partial charge on any atom is 0.133 e. The fourth-order valence-corrected chi connectivity index (χ4v) is 1.91. The van der Waals surface area contributed by atoms with Crippen LogP contribution in [0, 0.1) is 6.92 Å². The van der Waals surface area contributed by atoms with Crippen LogP contribution < -0.4 is 5.32 Å². The van der Waals surface area contributed by atoms with E-state index in [0.29, 0.717) is 0 Å². The topological polar surface area (TPSA) is 63.6 Å². The molecule has 0 aliphatic carbocycles. The molecule has 0 aliphatic rings. The Morgan fingerprint density at radius 2 is 2.00 bits per heavy atom. The molecule has 0 aromatic carbocycles. The van der Waals surface area contributed by atoms with Gasteiger partial charge in [-0.15, -0.1) is 0 Å². The van der Waals surface area contributed by atoms with Gasteiger partial charge in [-0.25, -0.2) is 9.97 Å². The van der Waals surface area contributed by atoms with Gasteiger partial charge in [-0.1, -0.05) is 6.92 Å². The average molecular weight is 257 g/mol. The van der Waals surface area contributed by atoms with Crippen molar-refractivity contribution in [3.05, 3.63) is 30.0 Å². The van der Waals surface area contributed by atoms with Gasteiger partial charge in [-0.05, 0) is 20.3 Å². The summed E-state index contributed by atoms with van der Waals surface area (Å²) in [5.41, 5.74) is 2.67. The molecule has 5 heteroatoms. The molecule has 0 aliphatic heterocycles. The molecule has 19 heavy (non-hydrogen) atoms. The Morgan fingerprint density at radius 1 is 1.16 bits per heavy atom. The largest absolute Gasteiger partial charge is 0.370 e. The second kappa shape index (κ2) is 6.22. The molecule has 0 amide bonds. The fourth-order valence-electron chi connectivity index (χ4n) is 1.91. The first-order valence-electron chi connectivity index (χ1n) is 6.64. The molecule has 2 heterocycles. The molecule has 2 aromatic rings. The van der Waals surface area contributed by atoms with E-state index in [-0.39, 0.29) is 0 Å². The van der Waals surface area contributed by atoms with Crippen molar-refractivity contribution in [2.75, 3.05) is 11.9 Å². The first-order chi connectivity index (χ1) is 9.26. The van der Waals surface area contributed by atoms with Crippen LogP contribution in [-0.4, -0.2) is 26.5 Å². The van der Waals surface area contributed by atoms with E-state index < -0.39 is 0 Å². The van der Waals surface area contributed by atoms with Gasteiger partial charge in [-0.3, -0.25) is 9.97 Å². The molecule has 0 radical (unpaired) electrons. The van der Waals surface area contributed by atoms with Crippen LogP contribution in [0.3, 0.4) is 0 Å². The lowest BCUT2D eigenvalue weighted by Crippen LogP contribution is -2.08. The molecule has 0 bridgehead atoms. The molecule has 0 saturated carbocycles. The summed E-state index contributed by atoms with van der Waals surface area (Å²) in [4.78, 5) is 17.6. The van der Waals surface area contributed by atoms with Gasteiger partial charge in [-0.2, -0.15) is 0 Å². The summed E-state index contributed by atoms with van der Waals surface area (Å²) in [5, 5.41) is 3.29. The van der Waals surface area contributed by atoms with Crippen LogP contribution in [0.4, 0.5) is 5.82 Å². The monoisotopic (exact) mass is 257 g/mol. The van der Waals surface area contributed by atoms with Crippen LogP contribution >= 0.6 is 0 Å². The second-order valence-electron chi connectivity index (χ2n) is 4.33. The third kappa shape index (κ3) is 3.05. The molecule has 0 saturated heterocycles. The number of anilines is 1. The number of nitrogens with zero attached hydrogens (tertiary/aromatic N) is 4. The van der Waals surface area contributed by atoms with Crippen molar-refractivity contribution in [1.82, 2.24) is 19.9 Å². The van der Waals surface area contributed by atoms with Crippen LogP contribution in [0.1, 0.15) is 31.7 Å². The number of aryl methyl sites for hydroxylation is 1. The lowest BCUT2D eigenvalue weighted by Gasteiger charge is -2.12. The Bertz CT molecular complexity index is 539. The summed E-state index contributed by atoms with van der Waals surface area (Å²) in [6.45, 7) is 7.03. The average Bonchev–Trinajstić information content (AvgIpc) is 2.44. The third-order valence-corrected chi connectivity index (χ3v) is 2.82. The van der Waals surface area contributed by atoms with Gasteiger partial charge in [0, 0.05) is 30.9 Å². The van der Waals surface area contributed by atoms with Gasteiger partial charge in [0.2, 0.25) is 0 Å². The Labute approximate surface area is 113 Å². The van der Waals surface area contributed by atoms with Crippen molar-refractivity contribution in [3.8, 4) is 11.4 Å². The van der Waals surface area contributed by atoms with E-state index in [0.717, 1.165) is 48.0 Å². The van der Waals surface area contributed by atoms with Crippen molar-refractivity contribution in [2.45, 2.75) is 33.6 Å². The van der Waals surface area contributed by atoms with Crippen molar-refractivity contribution in [2.24, 2.45) is 0 Å². The smallest absolute Gasteiger partial charge is 0.133 e. The van der Waals surface area contributed by atoms with Crippen LogP contribution in [-0.2, 0) is 6.42 Å². The van der Waals surface area contributed by atoms with Crippen LogP contribution in [0.15, 0.2) is 18.6 Å². The number of hydrogen-bond donors (Lipinski definition) is 1. The molecular weight excluding hydrogens is 238 g/mol. The van der Waals surface area contributed by atoms with Gasteiger partial charge in [0.25, 0.3) is 0 Å². The first kappa shape index (κ1) is 13.4. The molecular formula is C14H19N5. The predicted molar refractivity (Wildman–Crippen MR) is 76.0 cm³/mol. The molecule has 1 N–H and O–H groups in total. The molecule has 5 nitrogen and oxygen atoms in total. The van der Waals surface area contributed by atoms with E-state index in [9.17, 15) is 0 Å². The Hall–Kier alpha value is -2.04. The predicted octanol–water partition coefficient (Wildman–Crippen LogP) is 2.63. The van der Waals surface area contributed by atoms with Gasteiger partial charge in [0.05, 0.1) is 11.9 Å². The zero-order chi connectivity index (χ0) is 13.7. The Morgan fingerprint density at radius 3 is 2.63 bits per heavy atom. The third-order valence-electron chi connectivity index (χ3n) is 2.82. The molecule has 0 atom stereocenters. The lowest BCUT2D eigenvalue weighted by atomic mass is 10.1. The van der Waals surface area contributed by atoms with E-state index >= 15 is 0 Å². The molecule has 2 rings (SSSR count). The highest BCUT2D eigenvalue weighted by molar-refractivity contribution is 5.64. The van der Waals surface area contributed by atoms with Crippen LogP contribution in [0.2, 0.25) is 0 Å². The van der Waals surface area contributed by atoms with E-state index in [1.54, 1.807) is 18.6 Å². The van der Waals surface area contributed by atoms with E-state index in [2.05, 4.69) is 39.1 Å². The van der Waals surface area contributed by atoms with Crippen molar-refractivity contribution < 1.29 is 0 Å². The van der Waals surface area contributed by atoms with Gasteiger partial charge in [0.1, 0.15) is 17.3 Å². The van der Waals surface area contributed by atoms with Crippen molar-refractivity contribution >= 4 is 5.82 Å². The zero-order valence-electron chi connectivity index (χ0n) is 11.6. The first-order valence-corrected chi connectivity index (χ1v) is 6.64. The normalized spacial score (nSPS) is 10.5.